The van der Waals surface area contributed by atoms with Crippen LogP contribution < -0.4 is 0 Å². The highest BCUT2D eigenvalue weighted by Gasteiger charge is 2.34. The average molecular weight is 276 g/mol. The molecular weight excluding hydrogens is 270 g/mol. The molecule has 2 aromatic rings. The number of alkyl halides is 3. The van der Waals surface area contributed by atoms with Crippen molar-refractivity contribution >= 4 is 51.4 Å². The van der Waals surface area contributed by atoms with Crippen LogP contribution in [0.15, 0.2) is 30.5 Å². The van der Waals surface area contributed by atoms with Gasteiger partial charge in [-0.2, -0.15) is 5.10 Å². The van der Waals surface area contributed by atoms with Crippen molar-refractivity contribution in [1.29, 1.82) is 0 Å². The number of hydrogen-bond donors (Lipinski definition) is 0. The molecule has 0 aliphatic rings. The van der Waals surface area contributed by atoms with Gasteiger partial charge in [-0.05, 0) is 0 Å². The van der Waals surface area contributed by atoms with Gasteiger partial charge in [-0.3, -0.25) is 4.79 Å². The van der Waals surface area contributed by atoms with E-state index < -0.39 is 9.58 Å². The molecule has 82 valence electrons. The van der Waals surface area contributed by atoms with Gasteiger partial charge in [-0.15, -0.1) is 5.10 Å². The molecule has 1 aromatic carbocycles. The quantitative estimate of drug-likeness (QED) is 0.593. The van der Waals surface area contributed by atoms with Crippen molar-refractivity contribution in [3.63, 3.8) is 0 Å². The lowest BCUT2D eigenvalue weighted by atomic mass is 10.1. The van der Waals surface area contributed by atoms with Crippen molar-refractivity contribution in [3.05, 3.63) is 36.2 Å². The molecule has 16 heavy (non-hydrogen) atoms. The van der Waals surface area contributed by atoms with Crippen molar-refractivity contribution in [3.8, 4) is 0 Å². The van der Waals surface area contributed by atoms with Crippen LogP contribution in [0.4, 0.5) is 0 Å². The molecule has 1 aromatic heterocycles. The van der Waals surface area contributed by atoms with Crippen LogP contribution in [-0.2, 0) is 0 Å². The van der Waals surface area contributed by atoms with Crippen LogP contribution in [0.25, 0.3) is 10.8 Å². The zero-order valence-electron chi connectivity index (χ0n) is 7.82. The van der Waals surface area contributed by atoms with E-state index in [0.717, 1.165) is 5.39 Å². The van der Waals surface area contributed by atoms with Gasteiger partial charge in [0.1, 0.15) is 5.69 Å². The second-order valence-corrected chi connectivity index (χ2v) is 5.39. The maximum Gasteiger partial charge on any atom is 0.255 e. The Morgan fingerprint density at radius 2 is 1.88 bits per heavy atom. The maximum absolute atomic E-state index is 11.8. The molecule has 0 atom stereocenters. The third kappa shape index (κ3) is 2.12. The molecule has 2 rings (SSSR count). The van der Waals surface area contributed by atoms with Gasteiger partial charge in [-0.25, -0.2) is 0 Å². The first-order valence-corrected chi connectivity index (χ1v) is 5.45. The van der Waals surface area contributed by atoms with Crippen LogP contribution in [0.1, 0.15) is 10.5 Å². The van der Waals surface area contributed by atoms with Crippen molar-refractivity contribution in [2.45, 2.75) is 3.79 Å². The van der Waals surface area contributed by atoms with E-state index in [1.54, 1.807) is 24.4 Å². The van der Waals surface area contributed by atoms with Crippen molar-refractivity contribution in [1.82, 2.24) is 10.2 Å². The SMILES string of the molecule is O=C(c1nncc2ccccc12)C(Cl)(Cl)Cl. The summed E-state index contributed by atoms with van der Waals surface area (Å²) in [6.45, 7) is 0. The molecule has 0 bridgehead atoms. The number of carbonyl (C=O) groups is 1. The van der Waals surface area contributed by atoms with Gasteiger partial charge in [0.2, 0.25) is 5.78 Å². The predicted molar refractivity (Wildman–Crippen MR) is 64.2 cm³/mol. The lowest BCUT2D eigenvalue weighted by Crippen LogP contribution is -2.20. The van der Waals surface area contributed by atoms with E-state index in [-0.39, 0.29) is 5.69 Å². The number of nitrogens with zero attached hydrogens (tertiary/aromatic N) is 2. The summed E-state index contributed by atoms with van der Waals surface area (Å²) in [6.07, 6.45) is 1.55. The Hall–Kier alpha value is -0.900. The Labute approximate surface area is 106 Å². The van der Waals surface area contributed by atoms with Gasteiger partial charge < -0.3 is 0 Å². The highest BCUT2D eigenvalue weighted by Crippen LogP contribution is 2.31. The summed E-state index contributed by atoms with van der Waals surface area (Å²) in [6, 6.07) is 7.14. The Kier molecular flexibility index (Phi) is 3.02. The Balaban J connectivity index is 2.66. The second-order valence-electron chi connectivity index (χ2n) is 3.11. The van der Waals surface area contributed by atoms with Gasteiger partial charge in [0, 0.05) is 10.8 Å². The van der Waals surface area contributed by atoms with E-state index >= 15 is 0 Å². The van der Waals surface area contributed by atoms with E-state index in [9.17, 15) is 4.79 Å². The topological polar surface area (TPSA) is 42.9 Å². The Morgan fingerprint density at radius 3 is 2.56 bits per heavy atom. The van der Waals surface area contributed by atoms with Gasteiger partial charge >= 0.3 is 0 Å². The minimum Gasteiger partial charge on any atom is -0.287 e. The largest absolute Gasteiger partial charge is 0.287 e. The first-order valence-electron chi connectivity index (χ1n) is 4.32. The van der Waals surface area contributed by atoms with E-state index in [1.165, 1.54) is 0 Å². The molecule has 0 saturated carbocycles. The minimum absolute atomic E-state index is 0.0677. The van der Waals surface area contributed by atoms with Crippen LogP contribution in [0.2, 0.25) is 0 Å². The van der Waals surface area contributed by atoms with Crippen LogP contribution in [-0.4, -0.2) is 19.8 Å². The molecule has 0 fully saturated rings. The van der Waals surface area contributed by atoms with Crippen LogP contribution in [0, 0.1) is 0 Å². The lowest BCUT2D eigenvalue weighted by Gasteiger charge is -2.09. The summed E-state index contributed by atoms with van der Waals surface area (Å²) in [5, 5.41) is 8.81. The molecule has 0 saturated heterocycles. The molecular formula is C10H5Cl3N2O. The molecule has 0 N–H and O–H groups in total. The first kappa shape index (κ1) is 11.6. The fraction of sp³-hybridized carbons (Fsp3) is 0.100. The summed E-state index contributed by atoms with van der Waals surface area (Å²) in [4.78, 5) is 11.8. The fourth-order valence-electron chi connectivity index (χ4n) is 1.33. The minimum atomic E-state index is -2.02. The van der Waals surface area contributed by atoms with Crippen LogP contribution in [0.5, 0.6) is 0 Å². The molecule has 6 heteroatoms. The second kappa shape index (κ2) is 4.17. The van der Waals surface area contributed by atoms with Gasteiger partial charge in [0.25, 0.3) is 3.79 Å². The van der Waals surface area contributed by atoms with E-state index in [4.69, 9.17) is 34.8 Å². The normalized spacial score (nSPS) is 11.7. The molecule has 1 heterocycles. The number of aromatic nitrogens is 2. The molecule has 3 nitrogen and oxygen atoms in total. The highest BCUT2D eigenvalue weighted by molar-refractivity contribution is 6.77. The molecule has 0 aliphatic heterocycles. The average Bonchev–Trinajstić information content (AvgIpc) is 2.26. The van der Waals surface area contributed by atoms with Crippen LogP contribution in [0.3, 0.4) is 0 Å². The molecule has 0 amide bonds. The van der Waals surface area contributed by atoms with Crippen molar-refractivity contribution in [2.24, 2.45) is 0 Å². The highest BCUT2D eigenvalue weighted by atomic mass is 35.6. The Morgan fingerprint density at radius 1 is 1.19 bits per heavy atom. The number of ketones is 1. The number of carbonyl (C=O) groups excluding carboxylic acids is 1. The van der Waals surface area contributed by atoms with E-state index in [1.807, 2.05) is 6.07 Å². The fourth-order valence-corrected chi connectivity index (χ4v) is 1.60. The van der Waals surface area contributed by atoms with E-state index in [0.29, 0.717) is 5.39 Å². The zero-order valence-corrected chi connectivity index (χ0v) is 10.1. The zero-order chi connectivity index (χ0) is 11.8. The smallest absolute Gasteiger partial charge is 0.255 e. The first-order chi connectivity index (χ1) is 7.50. The number of hydrogen-bond acceptors (Lipinski definition) is 3. The van der Waals surface area contributed by atoms with Gasteiger partial charge in [-0.1, -0.05) is 59.1 Å². The standard InChI is InChI=1S/C10H5Cl3N2O/c11-10(12,13)9(16)8-7-4-2-1-3-6(7)5-14-15-8/h1-5H. The summed E-state index contributed by atoms with van der Waals surface area (Å²) in [5.74, 6) is -0.679. The summed E-state index contributed by atoms with van der Waals surface area (Å²) in [5.41, 5.74) is 0.0677. The molecule has 0 spiro atoms. The molecule has 0 unspecified atom stereocenters. The maximum atomic E-state index is 11.8. The van der Waals surface area contributed by atoms with Crippen molar-refractivity contribution in [2.75, 3.05) is 0 Å². The summed E-state index contributed by atoms with van der Waals surface area (Å²) in [7, 11) is 0. The Bertz CT molecular complexity index is 546. The monoisotopic (exact) mass is 274 g/mol. The molecule has 0 aliphatic carbocycles. The van der Waals surface area contributed by atoms with Gasteiger partial charge in [0.05, 0.1) is 6.20 Å². The summed E-state index contributed by atoms with van der Waals surface area (Å²) < 4.78 is -2.02. The number of Topliss-reactive ketones (excluding diaryl/α,β-unsaturated/α-hetero) is 1. The third-order valence-corrected chi connectivity index (χ3v) is 2.56. The number of fused-ring (bicyclic) bond motifs is 1. The molecule has 0 radical (unpaired) electrons. The van der Waals surface area contributed by atoms with Crippen LogP contribution >= 0.6 is 34.8 Å². The van der Waals surface area contributed by atoms with Crippen molar-refractivity contribution < 1.29 is 4.79 Å². The number of benzene rings is 1. The number of halogens is 3. The summed E-state index contributed by atoms with van der Waals surface area (Å²) >= 11 is 16.6. The lowest BCUT2D eigenvalue weighted by molar-refractivity contribution is 0.0992. The van der Waals surface area contributed by atoms with E-state index in [2.05, 4.69) is 10.2 Å². The predicted octanol–water partition coefficient (Wildman–Crippen LogP) is 3.18. The van der Waals surface area contributed by atoms with Gasteiger partial charge in [0.15, 0.2) is 0 Å². The third-order valence-electron chi connectivity index (χ3n) is 2.04. The number of rotatable bonds is 1.